The van der Waals surface area contributed by atoms with Gasteiger partial charge in [-0.2, -0.15) is 0 Å². The van der Waals surface area contributed by atoms with E-state index in [1.165, 1.54) is 55.2 Å². The molecule has 1 aliphatic rings. The van der Waals surface area contributed by atoms with Gasteiger partial charge in [-0.05, 0) is 87.0 Å². The Labute approximate surface area is 338 Å². The molecule has 0 radical (unpaired) electrons. The van der Waals surface area contributed by atoms with E-state index in [0.717, 1.165) is 44.9 Å². The lowest BCUT2D eigenvalue weighted by Crippen LogP contribution is -2.14. The van der Waals surface area contributed by atoms with Gasteiger partial charge in [0.05, 0.1) is 22.4 Å². The summed E-state index contributed by atoms with van der Waals surface area (Å²) in [5, 5.41) is 2.50. The van der Waals surface area contributed by atoms with E-state index in [9.17, 15) is 0 Å². The molecule has 0 unspecified atom stereocenters. The first kappa shape index (κ1) is 33.9. The molecule has 0 spiro atoms. The minimum absolute atomic E-state index is 0.0905. The van der Waals surface area contributed by atoms with Gasteiger partial charge in [-0.3, -0.25) is 0 Å². The topological polar surface area (TPSA) is 30.7 Å². The summed E-state index contributed by atoms with van der Waals surface area (Å²) >= 11 is 0. The molecule has 0 aliphatic heterocycles. The Hall–Kier alpha value is -7.36. The van der Waals surface area contributed by atoms with E-state index >= 15 is 0 Å². The number of aromatic nitrogens is 3. The first-order valence-electron chi connectivity index (χ1n) is 20.0. The Morgan fingerprint density at radius 2 is 0.862 bits per heavy atom. The Morgan fingerprint density at radius 1 is 0.362 bits per heavy atom. The van der Waals surface area contributed by atoms with Gasteiger partial charge in [0.15, 0.2) is 5.82 Å². The molecule has 3 heteroatoms. The van der Waals surface area contributed by atoms with Crippen LogP contribution in [0, 0.1) is 0 Å². The van der Waals surface area contributed by atoms with Crippen LogP contribution in [0.25, 0.3) is 94.8 Å². The average Bonchev–Trinajstić information content (AvgIpc) is 3.75. The summed E-state index contributed by atoms with van der Waals surface area (Å²) in [4.78, 5) is 10.1. The van der Waals surface area contributed by atoms with Crippen LogP contribution in [0.5, 0.6) is 0 Å². The Balaban J connectivity index is 1.07. The van der Waals surface area contributed by atoms with Gasteiger partial charge in [0.25, 0.3) is 0 Å². The second kappa shape index (κ2) is 13.4. The number of hydrogen-bond donors (Lipinski definition) is 0. The van der Waals surface area contributed by atoms with Crippen molar-refractivity contribution in [2.24, 2.45) is 0 Å². The van der Waals surface area contributed by atoms with Gasteiger partial charge in [0.2, 0.25) is 0 Å². The first-order valence-corrected chi connectivity index (χ1v) is 20.0. The van der Waals surface area contributed by atoms with Crippen LogP contribution in [-0.2, 0) is 5.41 Å². The predicted molar refractivity (Wildman–Crippen MR) is 241 cm³/mol. The van der Waals surface area contributed by atoms with Crippen LogP contribution in [0.4, 0.5) is 0 Å². The van der Waals surface area contributed by atoms with Gasteiger partial charge in [-0.15, -0.1) is 0 Å². The molecule has 0 bridgehead atoms. The van der Waals surface area contributed by atoms with Gasteiger partial charge >= 0.3 is 0 Å². The SMILES string of the molecule is CC1(C)c2ccccc2-c2ccc(-c3cc(-c4ccc(-c5cc(-c6ccccc6)nc(-c6ccccc6)n5)cc4)cc(-n4c5ccccc5c5ccccc54)c3)cc21. The standard InChI is InChI=1S/C55H39N3/c1-55(2)48-22-12-9-19-44(48)45-30-29-40(34-49(45)55)42-31-41(32-43(33-42)58-52-23-13-10-20-46(52)47-21-11-14-24-53(47)58)36-25-27-38(28-26-36)51-35-50(37-15-5-3-6-16-37)56-54(57-51)39-17-7-4-8-18-39/h3-35H,1-2H3. The van der Waals surface area contributed by atoms with Crippen molar-refractivity contribution in [3.8, 4) is 73.0 Å². The maximum absolute atomic E-state index is 5.10. The summed E-state index contributed by atoms with van der Waals surface area (Å²) < 4.78 is 2.43. The third-order valence-corrected chi connectivity index (χ3v) is 12.0. The maximum atomic E-state index is 5.10. The Morgan fingerprint density at radius 3 is 1.53 bits per heavy atom. The highest BCUT2D eigenvalue weighted by Gasteiger charge is 2.35. The summed E-state index contributed by atoms with van der Waals surface area (Å²) in [6.07, 6.45) is 0. The van der Waals surface area contributed by atoms with Gasteiger partial charge in [-0.25, -0.2) is 9.97 Å². The maximum Gasteiger partial charge on any atom is 0.160 e. The summed E-state index contributed by atoms with van der Waals surface area (Å²) in [6, 6.07) is 72.0. The highest BCUT2D eigenvalue weighted by atomic mass is 15.0. The fourth-order valence-electron chi connectivity index (χ4n) is 9.06. The highest BCUT2D eigenvalue weighted by molar-refractivity contribution is 6.09. The van der Waals surface area contributed by atoms with Gasteiger partial charge in [0.1, 0.15) is 0 Å². The van der Waals surface area contributed by atoms with Crippen molar-refractivity contribution >= 4 is 21.8 Å². The molecule has 274 valence electrons. The molecule has 11 rings (SSSR count). The molecule has 3 nitrogen and oxygen atoms in total. The van der Waals surface area contributed by atoms with Gasteiger partial charge in [0, 0.05) is 38.6 Å². The van der Waals surface area contributed by atoms with Crippen molar-refractivity contribution < 1.29 is 0 Å². The molecule has 2 aromatic heterocycles. The molecule has 0 saturated carbocycles. The van der Waals surface area contributed by atoms with Crippen LogP contribution in [0.1, 0.15) is 25.0 Å². The van der Waals surface area contributed by atoms with E-state index < -0.39 is 0 Å². The minimum Gasteiger partial charge on any atom is -0.309 e. The molecule has 58 heavy (non-hydrogen) atoms. The van der Waals surface area contributed by atoms with E-state index in [1.807, 2.05) is 24.3 Å². The first-order chi connectivity index (χ1) is 28.5. The quantitative estimate of drug-likeness (QED) is 0.170. The van der Waals surface area contributed by atoms with Crippen molar-refractivity contribution in [2.75, 3.05) is 0 Å². The molecule has 1 aliphatic carbocycles. The lowest BCUT2D eigenvalue weighted by atomic mass is 9.81. The largest absolute Gasteiger partial charge is 0.309 e. The highest BCUT2D eigenvalue weighted by Crippen LogP contribution is 2.50. The summed E-state index contributed by atoms with van der Waals surface area (Å²) in [5.41, 5.74) is 18.4. The summed E-state index contributed by atoms with van der Waals surface area (Å²) in [7, 11) is 0. The summed E-state index contributed by atoms with van der Waals surface area (Å²) in [5.74, 6) is 0.713. The summed E-state index contributed by atoms with van der Waals surface area (Å²) in [6.45, 7) is 4.71. The number of hydrogen-bond acceptors (Lipinski definition) is 2. The lowest BCUT2D eigenvalue weighted by Gasteiger charge is -2.22. The van der Waals surface area contributed by atoms with Crippen molar-refractivity contribution in [1.29, 1.82) is 0 Å². The van der Waals surface area contributed by atoms with Crippen molar-refractivity contribution in [3.05, 3.63) is 211 Å². The fraction of sp³-hybridized carbons (Fsp3) is 0.0545. The van der Waals surface area contributed by atoms with Crippen LogP contribution in [-0.4, -0.2) is 14.5 Å². The zero-order valence-corrected chi connectivity index (χ0v) is 32.4. The van der Waals surface area contributed by atoms with Crippen molar-refractivity contribution in [1.82, 2.24) is 14.5 Å². The molecule has 2 heterocycles. The zero-order valence-electron chi connectivity index (χ0n) is 32.4. The molecule has 0 N–H and O–H groups in total. The second-order valence-electron chi connectivity index (χ2n) is 15.8. The van der Waals surface area contributed by atoms with E-state index in [0.29, 0.717) is 5.82 Å². The molecule has 0 amide bonds. The minimum atomic E-state index is -0.0905. The van der Waals surface area contributed by atoms with Crippen molar-refractivity contribution in [2.45, 2.75) is 19.3 Å². The average molecular weight is 742 g/mol. The van der Waals surface area contributed by atoms with Gasteiger partial charge < -0.3 is 4.57 Å². The smallest absolute Gasteiger partial charge is 0.160 e. The van der Waals surface area contributed by atoms with Crippen LogP contribution < -0.4 is 0 Å². The molecular formula is C55H39N3. The fourth-order valence-corrected chi connectivity index (χ4v) is 9.06. The third-order valence-electron chi connectivity index (χ3n) is 12.0. The number of nitrogens with zero attached hydrogens (tertiary/aromatic N) is 3. The monoisotopic (exact) mass is 741 g/mol. The lowest BCUT2D eigenvalue weighted by molar-refractivity contribution is 0.660. The number of fused-ring (bicyclic) bond motifs is 6. The van der Waals surface area contributed by atoms with Crippen LogP contribution in [0.2, 0.25) is 0 Å². The molecule has 0 atom stereocenters. The van der Waals surface area contributed by atoms with E-state index in [1.54, 1.807) is 0 Å². The van der Waals surface area contributed by atoms with E-state index in [4.69, 9.17) is 9.97 Å². The molecule has 0 fully saturated rings. The third kappa shape index (κ3) is 5.58. The molecule has 8 aromatic carbocycles. The number of benzene rings is 8. The van der Waals surface area contributed by atoms with Crippen LogP contribution in [0.15, 0.2) is 200 Å². The Kier molecular flexibility index (Phi) is 7.84. The molecule has 10 aromatic rings. The zero-order chi connectivity index (χ0) is 38.8. The van der Waals surface area contributed by atoms with E-state index in [2.05, 4.69) is 194 Å². The second-order valence-corrected chi connectivity index (χ2v) is 15.8. The normalized spacial score (nSPS) is 12.8. The number of para-hydroxylation sites is 2. The van der Waals surface area contributed by atoms with Crippen molar-refractivity contribution in [3.63, 3.8) is 0 Å². The van der Waals surface area contributed by atoms with E-state index in [-0.39, 0.29) is 5.41 Å². The predicted octanol–water partition coefficient (Wildman–Crippen LogP) is 14.2. The van der Waals surface area contributed by atoms with Crippen LogP contribution >= 0.6 is 0 Å². The van der Waals surface area contributed by atoms with Gasteiger partial charge in [-0.1, -0.05) is 172 Å². The Bertz CT molecular complexity index is 3060. The molecule has 0 saturated heterocycles. The molecular weight excluding hydrogens is 703 g/mol. The number of rotatable bonds is 6. The van der Waals surface area contributed by atoms with Crippen LogP contribution in [0.3, 0.4) is 0 Å².